The van der Waals surface area contributed by atoms with Crippen molar-refractivity contribution < 1.29 is 23.9 Å². The monoisotopic (exact) mass is 529 g/mol. The molecule has 0 saturated heterocycles. The fourth-order valence-corrected chi connectivity index (χ4v) is 4.68. The number of hydrogen-bond donors (Lipinski definition) is 2. The van der Waals surface area contributed by atoms with Gasteiger partial charge in [0.05, 0.1) is 16.8 Å². The molecule has 0 unspecified atom stereocenters. The van der Waals surface area contributed by atoms with Crippen LogP contribution in [0.1, 0.15) is 32.0 Å². The van der Waals surface area contributed by atoms with Crippen molar-refractivity contribution in [1.82, 2.24) is 9.88 Å². The molecule has 9 heteroatoms. The molecule has 0 radical (unpaired) electrons. The number of halogens is 2. The molecule has 0 bridgehead atoms. The van der Waals surface area contributed by atoms with E-state index in [-0.39, 0.29) is 30.0 Å². The third-order valence-corrected chi connectivity index (χ3v) is 6.60. The minimum absolute atomic E-state index is 0.0138. The summed E-state index contributed by atoms with van der Waals surface area (Å²) in [7, 11) is 0. The van der Waals surface area contributed by atoms with Gasteiger partial charge in [-0.15, -0.1) is 0 Å². The average Bonchev–Trinajstić information content (AvgIpc) is 2.99. The maximum absolute atomic E-state index is 13.8. The molecule has 7 nitrogen and oxygen atoms in total. The van der Waals surface area contributed by atoms with E-state index in [2.05, 4.69) is 10.3 Å². The number of carbonyl (C=O) groups is 3. The van der Waals surface area contributed by atoms with Crippen molar-refractivity contribution in [1.29, 1.82) is 0 Å². The summed E-state index contributed by atoms with van der Waals surface area (Å²) < 4.78 is 13.5. The number of aromatic nitrogens is 1. The zero-order chi connectivity index (χ0) is 26.8. The van der Waals surface area contributed by atoms with E-state index >= 15 is 0 Å². The zero-order valence-electron chi connectivity index (χ0n) is 19.9. The van der Waals surface area contributed by atoms with Crippen molar-refractivity contribution in [3.05, 3.63) is 118 Å². The second-order valence-electron chi connectivity index (χ2n) is 8.85. The molecule has 0 fully saturated rings. The molecule has 2 amide bonds. The predicted molar refractivity (Wildman–Crippen MR) is 140 cm³/mol. The Hall–Kier alpha value is -4.56. The van der Waals surface area contributed by atoms with Gasteiger partial charge >= 0.3 is 5.97 Å². The Bertz CT molecular complexity index is 1540. The van der Waals surface area contributed by atoms with Gasteiger partial charge in [-0.3, -0.25) is 14.6 Å². The van der Waals surface area contributed by atoms with Crippen LogP contribution in [0.15, 0.2) is 85.1 Å². The van der Waals surface area contributed by atoms with Crippen LogP contribution in [0, 0.1) is 5.82 Å². The molecule has 3 aromatic carbocycles. The largest absolute Gasteiger partial charge is 0.478 e. The summed E-state index contributed by atoms with van der Waals surface area (Å²) in [6.07, 6.45) is 1.78. The number of anilines is 1. The van der Waals surface area contributed by atoms with Gasteiger partial charge < -0.3 is 15.3 Å². The minimum Gasteiger partial charge on any atom is -0.478 e. The number of benzene rings is 3. The summed E-state index contributed by atoms with van der Waals surface area (Å²) in [5.74, 6) is -2.37. The Labute approximate surface area is 222 Å². The number of nitrogens with zero attached hydrogens (tertiary/aromatic N) is 2. The summed E-state index contributed by atoms with van der Waals surface area (Å²) in [5, 5.41) is 12.9. The second kappa shape index (κ2) is 10.4. The lowest BCUT2D eigenvalue weighted by Gasteiger charge is -2.29. The Morgan fingerprint density at radius 3 is 2.50 bits per heavy atom. The van der Waals surface area contributed by atoms with E-state index in [1.165, 1.54) is 41.3 Å². The molecule has 1 aliphatic heterocycles. The summed E-state index contributed by atoms with van der Waals surface area (Å²) >= 11 is 6.13. The number of fused-ring (bicyclic) bond motifs is 1. The Morgan fingerprint density at radius 2 is 1.79 bits per heavy atom. The van der Waals surface area contributed by atoms with Crippen LogP contribution >= 0.6 is 11.6 Å². The lowest BCUT2D eigenvalue weighted by molar-refractivity contribution is -0.120. The van der Waals surface area contributed by atoms with Crippen LogP contribution in [0.4, 0.5) is 10.1 Å². The Balaban J connectivity index is 1.58. The van der Waals surface area contributed by atoms with E-state index in [0.29, 0.717) is 33.1 Å². The van der Waals surface area contributed by atoms with Gasteiger partial charge in [0.15, 0.2) is 0 Å². The lowest BCUT2D eigenvalue weighted by atomic mass is 9.96. The maximum Gasteiger partial charge on any atom is 0.336 e. The number of amides is 2. The molecule has 0 saturated carbocycles. The van der Waals surface area contributed by atoms with E-state index in [0.717, 1.165) is 0 Å². The molecule has 2 N–H and O–H groups in total. The summed E-state index contributed by atoms with van der Waals surface area (Å²) in [5.41, 5.74) is 2.74. The zero-order valence-corrected chi connectivity index (χ0v) is 20.7. The van der Waals surface area contributed by atoms with Crippen LogP contribution in [-0.2, 0) is 17.8 Å². The fraction of sp³-hybridized carbons (Fsp3) is 0.103. The first-order valence-corrected chi connectivity index (χ1v) is 12.1. The molecule has 1 aliphatic rings. The van der Waals surface area contributed by atoms with Gasteiger partial charge in [-0.25, -0.2) is 9.18 Å². The lowest BCUT2D eigenvalue weighted by Crippen LogP contribution is -2.46. The number of nitrogens with one attached hydrogen (secondary N) is 1. The molecular formula is C29H21ClFN3O4. The van der Waals surface area contributed by atoms with Crippen LogP contribution < -0.4 is 5.32 Å². The molecule has 190 valence electrons. The highest BCUT2D eigenvalue weighted by Gasteiger charge is 2.36. The smallest absolute Gasteiger partial charge is 0.336 e. The molecular weight excluding hydrogens is 509 g/mol. The van der Waals surface area contributed by atoms with Gasteiger partial charge in [-0.1, -0.05) is 35.9 Å². The number of pyridine rings is 1. The summed E-state index contributed by atoms with van der Waals surface area (Å²) in [6, 6.07) is 19.3. The van der Waals surface area contributed by atoms with E-state index in [1.807, 2.05) is 0 Å². The van der Waals surface area contributed by atoms with Crippen LogP contribution in [0.3, 0.4) is 0 Å². The Morgan fingerprint density at radius 1 is 1.00 bits per heavy atom. The third kappa shape index (κ3) is 5.12. The second-order valence-corrected chi connectivity index (χ2v) is 9.28. The number of aromatic carboxylic acids is 1. The summed E-state index contributed by atoms with van der Waals surface area (Å²) in [4.78, 5) is 44.9. The quantitative estimate of drug-likeness (QED) is 0.346. The van der Waals surface area contributed by atoms with Crippen molar-refractivity contribution in [3.8, 4) is 11.1 Å². The molecule has 5 rings (SSSR count). The number of hydrogen-bond acceptors (Lipinski definition) is 4. The van der Waals surface area contributed by atoms with Gasteiger partial charge in [0.25, 0.3) is 5.91 Å². The molecule has 38 heavy (non-hydrogen) atoms. The van der Waals surface area contributed by atoms with Crippen molar-refractivity contribution in [2.45, 2.75) is 19.0 Å². The van der Waals surface area contributed by atoms with E-state index in [4.69, 9.17) is 11.6 Å². The van der Waals surface area contributed by atoms with Gasteiger partial charge in [0, 0.05) is 29.9 Å². The number of carbonyl (C=O) groups excluding carboxylic acids is 2. The first kappa shape index (κ1) is 25.1. The molecule has 1 aromatic heterocycles. The van der Waals surface area contributed by atoms with Gasteiger partial charge in [0.2, 0.25) is 5.91 Å². The van der Waals surface area contributed by atoms with Gasteiger partial charge in [-0.05, 0) is 71.3 Å². The number of rotatable bonds is 6. The fourth-order valence-electron chi connectivity index (χ4n) is 4.50. The van der Waals surface area contributed by atoms with Crippen LogP contribution in [-0.4, -0.2) is 38.8 Å². The number of carboxylic acid groups (broad SMARTS) is 1. The molecule has 0 spiro atoms. The topological polar surface area (TPSA) is 99.6 Å². The molecule has 0 aliphatic carbocycles. The van der Waals surface area contributed by atoms with E-state index in [9.17, 15) is 23.9 Å². The van der Waals surface area contributed by atoms with Crippen molar-refractivity contribution in [3.63, 3.8) is 0 Å². The molecule has 2 heterocycles. The van der Waals surface area contributed by atoms with Crippen molar-refractivity contribution >= 4 is 35.1 Å². The SMILES string of the molecule is O=C(O)c1ccc(CN2C(=O)c3ccc(Cl)cc3NC(=O)[C@H]2Cc2ccccn2)cc1-c1ccc(F)cc1. The normalized spacial score (nSPS) is 15.0. The minimum atomic E-state index is -1.14. The van der Waals surface area contributed by atoms with Gasteiger partial charge in [-0.2, -0.15) is 0 Å². The standard InChI is InChI=1S/C29H21ClFN3O4/c30-19-7-11-23-25(14-19)33-27(35)26(15-21-3-1-2-12-32-21)34(28(23)36)16-17-4-10-22(29(37)38)24(13-17)18-5-8-20(31)9-6-18/h1-14,26H,15-16H2,(H,33,35)(H,37,38)/t26-/m1/s1. The predicted octanol–water partition coefficient (Wildman–Crippen LogP) is 5.45. The summed E-state index contributed by atoms with van der Waals surface area (Å²) in [6.45, 7) is 0.0138. The van der Waals surface area contributed by atoms with E-state index in [1.54, 1.807) is 48.7 Å². The highest BCUT2D eigenvalue weighted by atomic mass is 35.5. The molecule has 1 atom stereocenters. The van der Waals surface area contributed by atoms with Crippen molar-refractivity contribution in [2.75, 3.05) is 5.32 Å². The molecule has 4 aromatic rings. The van der Waals surface area contributed by atoms with E-state index < -0.39 is 23.7 Å². The third-order valence-electron chi connectivity index (χ3n) is 6.36. The first-order chi connectivity index (χ1) is 18.3. The first-order valence-electron chi connectivity index (χ1n) is 11.7. The van der Waals surface area contributed by atoms with Crippen LogP contribution in [0.5, 0.6) is 0 Å². The van der Waals surface area contributed by atoms with Crippen molar-refractivity contribution in [2.24, 2.45) is 0 Å². The highest BCUT2D eigenvalue weighted by molar-refractivity contribution is 6.31. The highest BCUT2D eigenvalue weighted by Crippen LogP contribution is 2.31. The van der Waals surface area contributed by atoms with Crippen LogP contribution in [0.25, 0.3) is 11.1 Å². The maximum atomic E-state index is 13.8. The van der Waals surface area contributed by atoms with Gasteiger partial charge in [0.1, 0.15) is 11.9 Å². The Kier molecular flexibility index (Phi) is 6.89. The average molecular weight is 530 g/mol. The number of carboxylic acids is 1. The van der Waals surface area contributed by atoms with Crippen LogP contribution in [0.2, 0.25) is 5.02 Å².